The van der Waals surface area contributed by atoms with Gasteiger partial charge in [0.1, 0.15) is 12.6 Å². The summed E-state index contributed by atoms with van der Waals surface area (Å²) < 4.78 is 26.2. The van der Waals surface area contributed by atoms with Crippen molar-refractivity contribution in [1.82, 2.24) is 10.2 Å². The van der Waals surface area contributed by atoms with E-state index < -0.39 is 28.5 Å². The normalized spacial score (nSPS) is 12.2. The molecule has 12 heteroatoms. The van der Waals surface area contributed by atoms with Crippen molar-refractivity contribution in [3.05, 3.63) is 62.1 Å². The summed E-state index contributed by atoms with van der Waals surface area (Å²) in [5.41, 5.74) is 0.654. The highest BCUT2D eigenvalue weighted by molar-refractivity contribution is 7.92. The molecule has 7 nitrogen and oxygen atoms in total. The van der Waals surface area contributed by atoms with Gasteiger partial charge >= 0.3 is 0 Å². The number of hydrogen-bond acceptors (Lipinski definition) is 4. The van der Waals surface area contributed by atoms with E-state index in [0.29, 0.717) is 33.6 Å². The summed E-state index contributed by atoms with van der Waals surface area (Å²) in [6.07, 6.45) is 1.99. The molecule has 1 N–H and O–H groups in total. The molecule has 0 saturated carbocycles. The van der Waals surface area contributed by atoms with Gasteiger partial charge < -0.3 is 10.2 Å². The molecule has 0 bridgehead atoms. The highest BCUT2D eigenvalue weighted by Crippen LogP contribution is 2.31. The number of carbonyl (C=O) groups excluding carboxylic acids is 2. The van der Waals surface area contributed by atoms with Gasteiger partial charge in [-0.25, -0.2) is 8.42 Å². The first-order valence-electron chi connectivity index (χ1n) is 10.8. The van der Waals surface area contributed by atoms with Crippen LogP contribution in [-0.4, -0.2) is 50.5 Å². The maximum atomic E-state index is 13.6. The van der Waals surface area contributed by atoms with Crippen LogP contribution in [0.2, 0.25) is 20.1 Å². The Morgan fingerprint density at radius 1 is 0.971 bits per heavy atom. The Balaban J connectivity index is 2.49. The first-order chi connectivity index (χ1) is 16.4. The Hall–Kier alpha value is -1.71. The fourth-order valence-corrected chi connectivity index (χ4v) is 5.29. The highest BCUT2D eigenvalue weighted by Gasteiger charge is 2.32. The number of sulfonamides is 1. The van der Waals surface area contributed by atoms with Crippen molar-refractivity contribution in [2.24, 2.45) is 0 Å². The second-order valence-corrected chi connectivity index (χ2v) is 11.4. The minimum absolute atomic E-state index is 0.0289. The third kappa shape index (κ3) is 8.15. The SMILES string of the molecule is CCCNC(=O)C(CC)N(Cc1ccc(Cl)cc1Cl)C(=O)CN(c1ccc(Cl)cc1Cl)S(C)(=O)=O. The second-order valence-electron chi connectivity index (χ2n) is 7.84. The summed E-state index contributed by atoms with van der Waals surface area (Å²) in [6.45, 7) is 3.51. The van der Waals surface area contributed by atoms with E-state index >= 15 is 0 Å². The molecule has 0 spiro atoms. The molecule has 1 unspecified atom stereocenters. The molecule has 0 aliphatic heterocycles. The molecule has 0 saturated heterocycles. The van der Waals surface area contributed by atoms with Crippen LogP contribution < -0.4 is 9.62 Å². The number of carbonyl (C=O) groups is 2. The molecule has 0 fully saturated rings. The molecular weight excluding hydrogens is 556 g/mol. The summed E-state index contributed by atoms with van der Waals surface area (Å²) in [6, 6.07) is 8.25. The van der Waals surface area contributed by atoms with Crippen LogP contribution in [0, 0.1) is 0 Å². The quantitative estimate of drug-likeness (QED) is 0.384. The Kier molecular flexibility index (Phi) is 11.0. The van der Waals surface area contributed by atoms with Crippen molar-refractivity contribution in [2.75, 3.05) is 23.7 Å². The predicted molar refractivity (Wildman–Crippen MR) is 143 cm³/mol. The monoisotopic (exact) mass is 581 g/mol. The Morgan fingerprint density at radius 2 is 1.57 bits per heavy atom. The van der Waals surface area contributed by atoms with E-state index in [2.05, 4.69) is 5.32 Å². The van der Waals surface area contributed by atoms with Gasteiger partial charge in [0.05, 0.1) is 17.0 Å². The molecule has 0 aromatic heterocycles. The molecule has 35 heavy (non-hydrogen) atoms. The zero-order valence-corrected chi connectivity index (χ0v) is 23.4. The van der Waals surface area contributed by atoms with Gasteiger partial charge in [-0.15, -0.1) is 0 Å². The summed E-state index contributed by atoms with van der Waals surface area (Å²) in [4.78, 5) is 27.9. The van der Waals surface area contributed by atoms with E-state index in [0.717, 1.165) is 17.0 Å². The molecule has 2 aromatic rings. The highest BCUT2D eigenvalue weighted by atomic mass is 35.5. The standard InChI is InChI=1S/C23H27Cl4N3O4S/c1-4-10-28-23(32)20(5-2)29(13-15-6-7-16(24)11-18(15)26)22(31)14-30(35(3,33)34)21-9-8-17(25)12-19(21)27/h6-9,11-12,20H,4-5,10,13-14H2,1-3H3,(H,28,32). The van der Waals surface area contributed by atoms with Gasteiger partial charge in [0.2, 0.25) is 21.8 Å². The van der Waals surface area contributed by atoms with Crippen molar-refractivity contribution in [3.63, 3.8) is 0 Å². The summed E-state index contributed by atoms with van der Waals surface area (Å²) in [5, 5.41) is 3.93. The Morgan fingerprint density at radius 3 is 2.09 bits per heavy atom. The number of hydrogen-bond donors (Lipinski definition) is 1. The van der Waals surface area contributed by atoms with E-state index in [1.807, 2.05) is 6.92 Å². The van der Waals surface area contributed by atoms with Gasteiger partial charge in [-0.05, 0) is 48.7 Å². The molecule has 1 atom stereocenters. The van der Waals surface area contributed by atoms with Crippen molar-refractivity contribution in [2.45, 2.75) is 39.3 Å². The number of nitrogens with zero attached hydrogens (tertiary/aromatic N) is 2. The van der Waals surface area contributed by atoms with Crippen LogP contribution in [0.25, 0.3) is 0 Å². The zero-order chi connectivity index (χ0) is 26.3. The first-order valence-corrected chi connectivity index (χ1v) is 14.2. The van der Waals surface area contributed by atoms with Crippen LogP contribution in [0.5, 0.6) is 0 Å². The minimum atomic E-state index is -3.92. The minimum Gasteiger partial charge on any atom is -0.354 e. The van der Waals surface area contributed by atoms with Gasteiger partial charge in [-0.2, -0.15) is 0 Å². The topological polar surface area (TPSA) is 86.8 Å². The van der Waals surface area contributed by atoms with E-state index in [-0.39, 0.29) is 23.2 Å². The lowest BCUT2D eigenvalue weighted by Gasteiger charge is -2.33. The summed E-state index contributed by atoms with van der Waals surface area (Å²) in [5.74, 6) is -0.950. The van der Waals surface area contributed by atoms with E-state index in [1.54, 1.807) is 19.1 Å². The molecule has 0 heterocycles. The molecule has 0 aliphatic carbocycles. The molecule has 0 aliphatic rings. The van der Waals surface area contributed by atoms with Crippen LogP contribution >= 0.6 is 46.4 Å². The van der Waals surface area contributed by atoms with E-state index in [1.165, 1.54) is 29.2 Å². The number of benzene rings is 2. The van der Waals surface area contributed by atoms with E-state index in [4.69, 9.17) is 46.4 Å². The fraction of sp³-hybridized carbons (Fsp3) is 0.391. The second kappa shape index (κ2) is 13.0. The van der Waals surface area contributed by atoms with E-state index in [9.17, 15) is 18.0 Å². The lowest BCUT2D eigenvalue weighted by molar-refractivity contribution is -0.140. The van der Waals surface area contributed by atoms with Gasteiger partial charge in [0.25, 0.3) is 0 Å². The van der Waals surface area contributed by atoms with Crippen LogP contribution in [-0.2, 0) is 26.2 Å². The summed E-state index contributed by atoms with van der Waals surface area (Å²) in [7, 11) is -3.92. The maximum absolute atomic E-state index is 13.6. The molecule has 2 rings (SSSR count). The summed E-state index contributed by atoms with van der Waals surface area (Å²) >= 11 is 24.5. The molecule has 2 amide bonds. The third-order valence-electron chi connectivity index (χ3n) is 5.15. The molecular formula is C23H27Cl4N3O4S. The average molecular weight is 583 g/mol. The van der Waals surface area contributed by atoms with Crippen molar-refractivity contribution in [1.29, 1.82) is 0 Å². The van der Waals surface area contributed by atoms with Gasteiger partial charge in [-0.1, -0.05) is 66.3 Å². The lowest BCUT2D eigenvalue weighted by atomic mass is 10.1. The van der Waals surface area contributed by atoms with Crippen molar-refractivity contribution >= 4 is 73.9 Å². The average Bonchev–Trinajstić information content (AvgIpc) is 2.77. The zero-order valence-electron chi connectivity index (χ0n) is 19.5. The molecule has 2 aromatic carbocycles. The van der Waals surface area contributed by atoms with Gasteiger partial charge in [0, 0.05) is 28.2 Å². The number of anilines is 1. The van der Waals surface area contributed by atoms with Crippen LogP contribution in [0.4, 0.5) is 5.69 Å². The number of halogens is 4. The number of amides is 2. The number of nitrogens with one attached hydrogen (secondary N) is 1. The Labute approximate surface area is 226 Å². The largest absolute Gasteiger partial charge is 0.354 e. The third-order valence-corrected chi connectivity index (χ3v) is 7.40. The van der Waals surface area contributed by atoms with Gasteiger partial charge in [-0.3, -0.25) is 13.9 Å². The van der Waals surface area contributed by atoms with Crippen LogP contribution in [0.15, 0.2) is 36.4 Å². The fourth-order valence-electron chi connectivity index (χ4n) is 3.40. The van der Waals surface area contributed by atoms with Crippen LogP contribution in [0.1, 0.15) is 32.3 Å². The smallest absolute Gasteiger partial charge is 0.244 e. The Bertz CT molecular complexity index is 1180. The first kappa shape index (κ1) is 29.5. The predicted octanol–water partition coefficient (Wildman–Crippen LogP) is 5.40. The van der Waals surface area contributed by atoms with Gasteiger partial charge in [0.15, 0.2) is 0 Å². The molecule has 0 radical (unpaired) electrons. The maximum Gasteiger partial charge on any atom is 0.244 e. The van der Waals surface area contributed by atoms with Crippen molar-refractivity contribution in [3.8, 4) is 0 Å². The van der Waals surface area contributed by atoms with Crippen LogP contribution in [0.3, 0.4) is 0 Å². The number of rotatable bonds is 11. The molecule has 192 valence electrons. The van der Waals surface area contributed by atoms with Crippen molar-refractivity contribution < 1.29 is 18.0 Å². The lowest BCUT2D eigenvalue weighted by Crippen LogP contribution is -2.52.